The minimum absolute atomic E-state index is 0.0938. The molecule has 2 aromatic heterocycles. The summed E-state index contributed by atoms with van der Waals surface area (Å²) in [5.41, 5.74) is 2.80. The predicted octanol–water partition coefficient (Wildman–Crippen LogP) is 3.91. The van der Waals surface area contributed by atoms with Crippen molar-refractivity contribution in [1.82, 2.24) is 14.5 Å². The van der Waals surface area contributed by atoms with Crippen LogP contribution >= 0.6 is 11.3 Å². The average molecular weight is 425 g/mol. The first-order valence-electron chi connectivity index (χ1n) is 10.4. The van der Waals surface area contributed by atoms with Crippen molar-refractivity contribution in [2.45, 2.75) is 52.1 Å². The van der Waals surface area contributed by atoms with Crippen molar-refractivity contribution in [2.24, 2.45) is 0 Å². The normalized spacial score (nSPS) is 14.7. The number of aromatic nitrogens is 2. The molecule has 0 saturated heterocycles. The van der Waals surface area contributed by atoms with Gasteiger partial charge in [0.1, 0.15) is 16.7 Å². The van der Waals surface area contributed by atoms with Crippen molar-refractivity contribution in [3.63, 3.8) is 0 Å². The Labute approximate surface area is 180 Å². The van der Waals surface area contributed by atoms with E-state index in [-0.39, 0.29) is 11.5 Å². The van der Waals surface area contributed by atoms with E-state index < -0.39 is 6.04 Å². The van der Waals surface area contributed by atoms with Gasteiger partial charge < -0.3 is 10.2 Å². The highest BCUT2D eigenvalue weighted by Gasteiger charge is 2.26. The van der Waals surface area contributed by atoms with Crippen molar-refractivity contribution < 1.29 is 4.79 Å². The molecular formula is C23H28N4O2S. The molecule has 4 rings (SSSR count). The summed E-state index contributed by atoms with van der Waals surface area (Å²) in [5.74, 6) is 0.417. The number of benzene rings is 1. The fourth-order valence-corrected chi connectivity index (χ4v) is 5.39. The standard InChI is InChI=1S/C23H28N4O2S/c1-14-9-5-7-11-17(14)24-21(28)15(2)27-19(13-26(3)4)25-22-20(23(27)29)16-10-6-8-12-18(16)30-22/h5,7,9,11,15H,6,8,10,12-13H2,1-4H3,(H,24,28). The summed E-state index contributed by atoms with van der Waals surface area (Å²) < 4.78 is 1.59. The van der Waals surface area contributed by atoms with Crippen LogP contribution in [-0.4, -0.2) is 34.5 Å². The number of nitrogens with one attached hydrogen (secondary N) is 1. The van der Waals surface area contributed by atoms with Crippen LogP contribution in [0.5, 0.6) is 0 Å². The highest BCUT2D eigenvalue weighted by molar-refractivity contribution is 7.18. The number of rotatable bonds is 5. The lowest BCUT2D eigenvalue weighted by molar-refractivity contribution is -0.119. The summed E-state index contributed by atoms with van der Waals surface area (Å²) in [6, 6.07) is 6.99. The molecule has 0 spiro atoms. The summed E-state index contributed by atoms with van der Waals surface area (Å²) in [6.07, 6.45) is 4.19. The molecule has 6 nitrogen and oxygen atoms in total. The second kappa shape index (κ2) is 8.32. The maximum atomic E-state index is 13.7. The molecule has 1 aromatic carbocycles. The Morgan fingerprint density at radius 3 is 2.73 bits per heavy atom. The van der Waals surface area contributed by atoms with Crippen LogP contribution in [0.25, 0.3) is 10.2 Å². The number of amides is 1. The van der Waals surface area contributed by atoms with Crippen molar-refractivity contribution >= 4 is 33.1 Å². The van der Waals surface area contributed by atoms with Crippen LogP contribution in [0.15, 0.2) is 29.1 Å². The molecular weight excluding hydrogens is 396 g/mol. The van der Waals surface area contributed by atoms with Gasteiger partial charge in [-0.25, -0.2) is 4.98 Å². The number of carbonyl (C=O) groups is 1. The Kier molecular flexibility index (Phi) is 5.75. The van der Waals surface area contributed by atoms with Crippen LogP contribution < -0.4 is 10.9 Å². The van der Waals surface area contributed by atoms with Gasteiger partial charge in [-0.1, -0.05) is 18.2 Å². The van der Waals surface area contributed by atoms with Crippen LogP contribution in [0.4, 0.5) is 5.69 Å². The van der Waals surface area contributed by atoms with E-state index in [1.807, 2.05) is 50.2 Å². The Morgan fingerprint density at radius 2 is 2.00 bits per heavy atom. The van der Waals surface area contributed by atoms with Crippen LogP contribution in [0.3, 0.4) is 0 Å². The Bertz CT molecular complexity index is 1160. The number of aryl methyl sites for hydroxylation is 3. The largest absolute Gasteiger partial charge is 0.324 e. The molecule has 2 heterocycles. The number of nitrogens with zero attached hydrogens (tertiary/aromatic N) is 3. The highest BCUT2D eigenvalue weighted by Crippen LogP contribution is 2.34. The maximum Gasteiger partial charge on any atom is 0.263 e. The minimum atomic E-state index is -0.664. The number of thiophene rings is 1. The fourth-order valence-electron chi connectivity index (χ4n) is 4.12. The van der Waals surface area contributed by atoms with Crippen molar-refractivity contribution in [2.75, 3.05) is 19.4 Å². The number of fused-ring (bicyclic) bond motifs is 3. The van der Waals surface area contributed by atoms with Crippen LogP contribution in [0, 0.1) is 6.92 Å². The van der Waals surface area contributed by atoms with Crippen molar-refractivity contribution in [3.8, 4) is 0 Å². The van der Waals surface area contributed by atoms with Gasteiger partial charge in [0, 0.05) is 10.6 Å². The zero-order chi connectivity index (χ0) is 21.4. The van der Waals surface area contributed by atoms with E-state index in [1.54, 1.807) is 22.8 Å². The molecule has 0 bridgehead atoms. The zero-order valence-corrected chi connectivity index (χ0v) is 18.8. The number of carbonyl (C=O) groups excluding carboxylic acids is 1. The van der Waals surface area contributed by atoms with Gasteiger partial charge in [0.15, 0.2) is 0 Å². The topological polar surface area (TPSA) is 67.2 Å². The second-order valence-electron chi connectivity index (χ2n) is 8.31. The molecule has 0 saturated carbocycles. The molecule has 7 heteroatoms. The summed E-state index contributed by atoms with van der Waals surface area (Å²) in [5, 5.41) is 3.70. The molecule has 1 amide bonds. The van der Waals surface area contributed by atoms with Gasteiger partial charge in [-0.3, -0.25) is 14.2 Å². The maximum absolute atomic E-state index is 13.7. The fraction of sp³-hybridized carbons (Fsp3) is 0.435. The molecule has 1 unspecified atom stereocenters. The van der Waals surface area contributed by atoms with E-state index in [4.69, 9.17) is 4.98 Å². The minimum Gasteiger partial charge on any atom is -0.324 e. The smallest absolute Gasteiger partial charge is 0.263 e. The third-order valence-corrected chi connectivity index (χ3v) is 6.91. The first-order chi connectivity index (χ1) is 14.4. The van der Waals surface area contributed by atoms with Gasteiger partial charge in [-0.2, -0.15) is 0 Å². The van der Waals surface area contributed by atoms with Gasteiger partial charge in [-0.15, -0.1) is 11.3 Å². The molecule has 1 atom stereocenters. The van der Waals surface area contributed by atoms with E-state index in [2.05, 4.69) is 5.32 Å². The average Bonchev–Trinajstić information content (AvgIpc) is 3.07. The van der Waals surface area contributed by atoms with Crippen LogP contribution in [-0.2, 0) is 24.2 Å². The van der Waals surface area contributed by atoms with E-state index in [9.17, 15) is 9.59 Å². The molecule has 0 aliphatic heterocycles. The molecule has 158 valence electrons. The molecule has 1 aliphatic carbocycles. The highest BCUT2D eigenvalue weighted by atomic mass is 32.1. The quantitative estimate of drug-likeness (QED) is 0.674. The molecule has 0 fully saturated rings. The monoisotopic (exact) mass is 424 g/mol. The number of hydrogen-bond acceptors (Lipinski definition) is 5. The van der Waals surface area contributed by atoms with Gasteiger partial charge >= 0.3 is 0 Å². The summed E-state index contributed by atoms with van der Waals surface area (Å²) in [4.78, 5) is 35.7. The SMILES string of the molecule is Cc1ccccc1NC(=O)C(C)n1c(CN(C)C)nc2sc3c(c2c1=O)CCCC3. The molecule has 30 heavy (non-hydrogen) atoms. The number of anilines is 1. The second-order valence-corrected chi connectivity index (χ2v) is 9.40. The lowest BCUT2D eigenvalue weighted by atomic mass is 9.97. The van der Waals surface area contributed by atoms with E-state index >= 15 is 0 Å². The van der Waals surface area contributed by atoms with Crippen molar-refractivity contribution in [3.05, 3.63) is 56.4 Å². The van der Waals surface area contributed by atoms with Gasteiger partial charge in [0.05, 0.1) is 11.9 Å². The number of hydrogen-bond donors (Lipinski definition) is 1. The van der Waals surface area contributed by atoms with Crippen LogP contribution in [0.1, 0.15) is 47.6 Å². The summed E-state index contributed by atoms with van der Waals surface area (Å²) in [7, 11) is 3.89. The molecule has 1 aliphatic rings. The predicted molar refractivity (Wildman–Crippen MR) is 122 cm³/mol. The van der Waals surface area contributed by atoms with E-state index in [0.717, 1.165) is 47.3 Å². The lowest BCUT2D eigenvalue weighted by Crippen LogP contribution is -2.36. The molecule has 0 radical (unpaired) electrons. The number of para-hydroxylation sites is 1. The molecule has 3 aromatic rings. The Morgan fingerprint density at radius 1 is 1.27 bits per heavy atom. The summed E-state index contributed by atoms with van der Waals surface area (Å²) in [6.45, 7) is 4.23. The van der Waals surface area contributed by atoms with Crippen molar-refractivity contribution in [1.29, 1.82) is 0 Å². The first-order valence-corrected chi connectivity index (χ1v) is 11.3. The molecule has 1 N–H and O–H groups in total. The van der Waals surface area contributed by atoms with E-state index in [1.165, 1.54) is 4.88 Å². The lowest BCUT2D eigenvalue weighted by Gasteiger charge is -2.21. The third-order valence-electron chi connectivity index (χ3n) is 5.72. The Balaban J connectivity index is 1.81. The van der Waals surface area contributed by atoms with Gasteiger partial charge in [0.25, 0.3) is 5.56 Å². The third kappa shape index (κ3) is 3.79. The van der Waals surface area contributed by atoms with Crippen LogP contribution in [0.2, 0.25) is 0 Å². The summed E-state index contributed by atoms with van der Waals surface area (Å²) >= 11 is 1.65. The van der Waals surface area contributed by atoms with Gasteiger partial charge in [-0.05, 0) is 70.8 Å². The Hall–Kier alpha value is -2.51. The van der Waals surface area contributed by atoms with Gasteiger partial charge in [0.2, 0.25) is 5.91 Å². The van der Waals surface area contributed by atoms with E-state index in [0.29, 0.717) is 17.8 Å². The first kappa shape index (κ1) is 20.8. The zero-order valence-electron chi connectivity index (χ0n) is 18.0.